The summed E-state index contributed by atoms with van der Waals surface area (Å²) < 4.78 is 26.9. The monoisotopic (exact) mass is 286 g/mol. The van der Waals surface area contributed by atoms with Crippen molar-refractivity contribution >= 4 is 15.8 Å². The van der Waals surface area contributed by atoms with Crippen LogP contribution in [0.25, 0.3) is 0 Å². The number of anilines is 1. The van der Waals surface area contributed by atoms with Gasteiger partial charge in [-0.25, -0.2) is 18.1 Å². The molecule has 0 aliphatic carbocycles. The van der Waals surface area contributed by atoms with E-state index in [0.717, 1.165) is 0 Å². The van der Waals surface area contributed by atoms with Crippen LogP contribution in [-0.4, -0.2) is 51.5 Å². The molecule has 0 saturated carbocycles. The van der Waals surface area contributed by atoms with Gasteiger partial charge in [-0.15, -0.1) is 0 Å². The smallest absolute Gasteiger partial charge is 0.240 e. The number of pyridine rings is 1. The fourth-order valence-corrected chi connectivity index (χ4v) is 2.49. The van der Waals surface area contributed by atoms with Crippen LogP contribution in [0.3, 0.4) is 0 Å². The molecule has 1 heterocycles. The first-order chi connectivity index (χ1) is 8.86. The van der Waals surface area contributed by atoms with E-state index < -0.39 is 10.0 Å². The topological polar surface area (TPSA) is 74.3 Å². The summed E-state index contributed by atoms with van der Waals surface area (Å²) in [6.07, 6.45) is 1.49. The number of hydrogen-bond acceptors (Lipinski definition) is 5. The van der Waals surface area contributed by atoms with E-state index in [0.29, 0.717) is 18.9 Å². The average molecular weight is 286 g/mol. The van der Waals surface area contributed by atoms with Crippen molar-refractivity contribution in [3.8, 4) is 0 Å². The van der Waals surface area contributed by atoms with Gasteiger partial charge in [0, 0.05) is 31.4 Å². The predicted octanol–water partition coefficient (Wildman–Crippen LogP) is 0.742. The number of nitrogens with one attached hydrogen (secondary N) is 2. The first kappa shape index (κ1) is 15.9. The molecule has 0 fully saturated rings. The molecule has 0 aromatic carbocycles. The Morgan fingerprint density at radius 3 is 2.68 bits per heavy atom. The molecule has 108 valence electrons. The Morgan fingerprint density at radius 2 is 2.11 bits per heavy atom. The van der Waals surface area contributed by atoms with E-state index in [4.69, 9.17) is 0 Å². The van der Waals surface area contributed by atoms with Gasteiger partial charge >= 0.3 is 0 Å². The van der Waals surface area contributed by atoms with Gasteiger partial charge in [0.1, 0.15) is 5.82 Å². The molecule has 0 amide bonds. The van der Waals surface area contributed by atoms with Gasteiger partial charge in [-0.3, -0.25) is 0 Å². The lowest BCUT2D eigenvalue weighted by atomic mass is 10.3. The van der Waals surface area contributed by atoms with E-state index in [1.54, 1.807) is 0 Å². The van der Waals surface area contributed by atoms with Crippen LogP contribution in [0, 0.1) is 0 Å². The van der Waals surface area contributed by atoms with Crippen LogP contribution in [0.15, 0.2) is 23.2 Å². The minimum absolute atomic E-state index is 0.129. The predicted molar refractivity (Wildman–Crippen MR) is 76.7 cm³/mol. The maximum atomic E-state index is 12.1. The summed E-state index contributed by atoms with van der Waals surface area (Å²) >= 11 is 0. The standard InChI is InChI=1S/C12H22N4O2S/c1-5-13-12-8-11(6-7-14-12)19(17,18)15-9-10(2)16(3)4/h6-8,10,15H,5,9H2,1-4H3,(H,13,14). The minimum Gasteiger partial charge on any atom is -0.370 e. The number of hydrogen-bond donors (Lipinski definition) is 2. The Morgan fingerprint density at radius 1 is 1.42 bits per heavy atom. The highest BCUT2D eigenvalue weighted by Gasteiger charge is 2.16. The second-order valence-electron chi connectivity index (χ2n) is 4.57. The second kappa shape index (κ2) is 6.83. The van der Waals surface area contributed by atoms with Crippen LogP contribution in [0.1, 0.15) is 13.8 Å². The molecule has 0 radical (unpaired) electrons. The van der Waals surface area contributed by atoms with Crippen molar-refractivity contribution in [2.45, 2.75) is 24.8 Å². The van der Waals surface area contributed by atoms with E-state index in [9.17, 15) is 8.42 Å². The maximum Gasteiger partial charge on any atom is 0.240 e. The third-order valence-corrected chi connectivity index (χ3v) is 4.27. The van der Waals surface area contributed by atoms with Crippen molar-refractivity contribution < 1.29 is 8.42 Å². The highest BCUT2D eigenvalue weighted by Crippen LogP contribution is 2.12. The Hall–Kier alpha value is -1.18. The molecule has 0 bridgehead atoms. The zero-order chi connectivity index (χ0) is 14.5. The lowest BCUT2D eigenvalue weighted by Gasteiger charge is -2.20. The molecule has 1 aromatic heterocycles. The van der Waals surface area contributed by atoms with E-state index in [1.165, 1.54) is 18.3 Å². The van der Waals surface area contributed by atoms with Crippen molar-refractivity contribution in [2.24, 2.45) is 0 Å². The third-order valence-electron chi connectivity index (χ3n) is 2.85. The van der Waals surface area contributed by atoms with E-state index in [2.05, 4.69) is 15.0 Å². The maximum absolute atomic E-state index is 12.1. The summed E-state index contributed by atoms with van der Waals surface area (Å²) in [5.41, 5.74) is 0. The van der Waals surface area contributed by atoms with Crippen molar-refractivity contribution in [3.05, 3.63) is 18.3 Å². The van der Waals surface area contributed by atoms with Gasteiger partial charge in [0.2, 0.25) is 10.0 Å². The number of sulfonamides is 1. The van der Waals surface area contributed by atoms with Gasteiger partial charge in [-0.2, -0.15) is 0 Å². The molecule has 1 atom stereocenters. The molecule has 6 nitrogen and oxygen atoms in total. The third kappa shape index (κ3) is 4.77. The lowest BCUT2D eigenvalue weighted by Crippen LogP contribution is -2.38. The molecule has 0 aliphatic heterocycles. The van der Waals surface area contributed by atoms with Crippen molar-refractivity contribution in [1.82, 2.24) is 14.6 Å². The number of rotatable bonds is 7. The zero-order valence-electron chi connectivity index (χ0n) is 11.8. The van der Waals surface area contributed by atoms with Crippen molar-refractivity contribution in [3.63, 3.8) is 0 Å². The SMILES string of the molecule is CCNc1cc(S(=O)(=O)NCC(C)N(C)C)ccn1. The van der Waals surface area contributed by atoms with Gasteiger partial charge in [-0.05, 0) is 34.0 Å². The minimum atomic E-state index is -3.49. The van der Waals surface area contributed by atoms with Crippen LogP contribution in [-0.2, 0) is 10.0 Å². The molecule has 0 aliphatic rings. The summed E-state index contributed by atoms with van der Waals surface area (Å²) in [5, 5.41) is 2.99. The number of nitrogens with zero attached hydrogens (tertiary/aromatic N) is 2. The quantitative estimate of drug-likeness (QED) is 0.773. The lowest BCUT2D eigenvalue weighted by molar-refractivity contribution is 0.314. The van der Waals surface area contributed by atoms with Crippen LogP contribution in [0.2, 0.25) is 0 Å². The van der Waals surface area contributed by atoms with Crippen LogP contribution >= 0.6 is 0 Å². The first-order valence-electron chi connectivity index (χ1n) is 6.23. The number of likely N-dealkylation sites (N-methyl/N-ethyl adjacent to an activating group) is 1. The Kier molecular flexibility index (Phi) is 5.71. The molecule has 19 heavy (non-hydrogen) atoms. The highest BCUT2D eigenvalue weighted by molar-refractivity contribution is 7.89. The highest BCUT2D eigenvalue weighted by atomic mass is 32.2. The molecule has 1 aromatic rings. The summed E-state index contributed by atoms with van der Waals surface area (Å²) in [4.78, 5) is 6.24. The Bertz CT molecular complexity index is 502. The molecular formula is C12H22N4O2S. The molecule has 0 saturated heterocycles. The molecule has 2 N–H and O–H groups in total. The van der Waals surface area contributed by atoms with Crippen LogP contribution in [0.4, 0.5) is 5.82 Å². The van der Waals surface area contributed by atoms with Crippen LogP contribution in [0.5, 0.6) is 0 Å². The average Bonchev–Trinajstić information content (AvgIpc) is 2.36. The van der Waals surface area contributed by atoms with E-state index >= 15 is 0 Å². The summed E-state index contributed by atoms with van der Waals surface area (Å²) in [7, 11) is 0.336. The van der Waals surface area contributed by atoms with Gasteiger partial charge in [-0.1, -0.05) is 0 Å². The van der Waals surface area contributed by atoms with Gasteiger partial charge < -0.3 is 10.2 Å². The van der Waals surface area contributed by atoms with Crippen molar-refractivity contribution in [2.75, 3.05) is 32.5 Å². The molecule has 7 heteroatoms. The first-order valence-corrected chi connectivity index (χ1v) is 7.71. The molecule has 0 spiro atoms. The van der Waals surface area contributed by atoms with Crippen molar-refractivity contribution in [1.29, 1.82) is 0 Å². The summed E-state index contributed by atoms with van der Waals surface area (Å²) in [6, 6.07) is 3.15. The molecule has 1 rings (SSSR count). The van der Waals surface area contributed by atoms with Gasteiger partial charge in [0.25, 0.3) is 0 Å². The molecule has 1 unspecified atom stereocenters. The van der Waals surface area contributed by atoms with E-state index in [1.807, 2.05) is 32.8 Å². The van der Waals surface area contributed by atoms with Crippen LogP contribution < -0.4 is 10.0 Å². The fourth-order valence-electron chi connectivity index (χ4n) is 1.35. The Balaban J connectivity index is 2.79. The normalized spacial score (nSPS) is 13.5. The van der Waals surface area contributed by atoms with Gasteiger partial charge in [0.05, 0.1) is 4.90 Å². The number of aromatic nitrogens is 1. The fraction of sp³-hybridized carbons (Fsp3) is 0.583. The summed E-state index contributed by atoms with van der Waals surface area (Å²) in [6.45, 7) is 4.95. The molecular weight excluding hydrogens is 264 g/mol. The van der Waals surface area contributed by atoms with E-state index in [-0.39, 0.29) is 10.9 Å². The summed E-state index contributed by atoms with van der Waals surface area (Å²) in [5.74, 6) is 0.561. The van der Waals surface area contributed by atoms with Gasteiger partial charge in [0.15, 0.2) is 0 Å². The Labute approximate surface area is 115 Å². The second-order valence-corrected chi connectivity index (χ2v) is 6.34. The zero-order valence-corrected chi connectivity index (χ0v) is 12.7. The largest absolute Gasteiger partial charge is 0.370 e.